The predicted octanol–water partition coefficient (Wildman–Crippen LogP) is 1.75. The average molecular weight is 192 g/mol. The van der Waals surface area contributed by atoms with Gasteiger partial charge in [-0.3, -0.25) is 5.10 Å². The van der Waals surface area contributed by atoms with E-state index in [1.807, 2.05) is 0 Å². The quantitative estimate of drug-likeness (QED) is 0.749. The smallest absolute Gasteiger partial charge is 0.122 e. The molecule has 76 valence electrons. The van der Waals surface area contributed by atoms with E-state index in [2.05, 4.69) is 37.0 Å². The maximum absolute atomic E-state index is 8.53. The number of nitriles is 1. The summed E-state index contributed by atoms with van der Waals surface area (Å²) in [4.78, 5) is 0. The van der Waals surface area contributed by atoms with Crippen molar-refractivity contribution in [3.63, 3.8) is 0 Å². The Morgan fingerprint density at radius 2 is 2.14 bits per heavy atom. The van der Waals surface area contributed by atoms with Crippen LogP contribution in [0.1, 0.15) is 38.4 Å². The maximum atomic E-state index is 8.53. The Balaban J connectivity index is 3.02. The molecule has 4 heteroatoms. The minimum atomic E-state index is -0.0289. The van der Waals surface area contributed by atoms with Gasteiger partial charge in [0.2, 0.25) is 0 Å². The molecule has 0 aliphatic heterocycles. The lowest BCUT2D eigenvalue weighted by molar-refractivity contribution is 0.560. The van der Waals surface area contributed by atoms with Crippen LogP contribution in [-0.4, -0.2) is 10.2 Å². The average Bonchev–Trinajstić information content (AvgIpc) is 2.42. The molecule has 1 aromatic rings. The molecular formula is C10H16N4. The minimum absolute atomic E-state index is 0.0289. The fourth-order valence-corrected chi connectivity index (χ4v) is 1.43. The van der Waals surface area contributed by atoms with Gasteiger partial charge in [-0.05, 0) is 6.42 Å². The highest BCUT2D eigenvalue weighted by Crippen LogP contribution is 2.27. The van der Waals surface area contributed by atoms with Crippen molar-refractivity contribution in [3.8, 4) is 6.07 Å². The van der Waals surface area contributed by atoms with Crippen molar-refractivity contribution in [2.75, 3.05) is 5.73 Å². The Bertz CT molecular complexity index is 351. The number of nitrogen functional groups attached to an aromatic ring is 1. The summed E-state index contributed by atoms with van der Waals surface area (Å²) < 4.78 is 0. The lowest BCUT2D eigenvalue weighted by Crippen LogP contribution is -2.14. The van der Waals surface area contributed by atoms with Crippen LogP contribution in [0.3, 0.4) is 0 Å². The second-order valence-corrected chi connectivity index (χ2v) is 4.37. The molecule has 0 saturated carbocycles. The summed E-state index contributed by atoms with van der Waals surface area (Å²) in [6, 6.07) is 2.11. The van der Waals surface area contributed by atoms with E-state index in [0.717, 1.165) is 11.3 Å². The lowest BCUT2D eigenvalue weighted by Gasteiger charge is -2.17. The molecule has 0 aliphatic rings. The van der Waals surface area contributed by atoms with Crippen LogP contribution in [0.2, 0.25) is 0 Å². The molecule has 0 spiro atoms. The number of aromatic nitrogens is 2. The first-order chi connectivity index (χ1) is 6.46. The van der Waals surface area contributed by atoms with Crippen LogP contribution in [0.25, 0.3) is 0 Å². The summed E-state index contributed by atoms with van der Waals surface area (Å²) in [6.45, 7) is 6.25. The van der Waals surface area contributed by atoms with Crippen LogP contribution in [-0.2, 0) is 11.8 Å². The fourth-order valence-electron chi connectivity index (χ4n) is 1.43. The summed E-state index contributed by atoms with van der Waals surface area (Å²) >= 11 is 0. The van der Waals surface area contributed by atoms with Crippen LogP contribution in [0.15, 0.2) is 0 Å². The molecule has 0 atom stereocenters. The molecule has 0 saturated heterocycles. The van der Waals surface area contributed by atoms with Crippen molar-refractivity contribution in [1.82, 2.24) is 10.2 Å². The fraction of sp³-hybridized carbons (Fsp3) is 0.600. The van der Waals surface area contributed by atoms with Crippen LogP contribution in [0, 0.1) is 11.3 Å². The summed E-state index contributed by atoms with van der Waals surface area (Å²) in [7, 11) is 0. The number of hydrogen-bond donors (Lipinski definition) is 2. The van der Waals surface area contributed by atoms with Gasteiger partial charge in [0, 0.05) is 17.4 Å². The van der Waals surface area contributed by atoms with E-state index in [9.17, 15) is 0 Å². The van der Waals surface area contributed by atoms with Crippen LogP contribution < -0.4 is 5.73 Å². The van der Waals surface area contributed by atoms with Crippen LogP contribution in [0.5, 0.6) is 0 Å². The first kappa shape index (κ1) is 10.6. The van der Waals surface area contributed by atoms with Gasteiger partial charge in [0.1, 0.15) is 5.82 Å². The third-order valence-electron chi connectivity index (χ3n) is 2.10. The van der Waals surface area contributed by atoms with Gasteiger partial charge in [0.05, 0.1) is 11.8 Å². The molecular weight excluding hydrogens is 176 g/mol. The molecule has 0 radical (unpaired) electrons. The largest absolute Gasteiger partial charge is 0.384 e. The van der Waals surface area contributed by atoms with Crippen molar-refractivity contribution in [3.05, 3.63) is 11.3 Å². The number of nitrogens with two attached hydrogens (primary N) is 1. The van der Waals surface area contributed by atoms with E-state index in [-0.39, 0.29) is 5.41 Å². The molecule has 0 unspecified atom stereocenters. The highest BCUT2D eigenvalue weighted by atomic mass is 15.2. The molecule has 0 aliphatic carbocycles. The van der Waals surface area contributed by atoms with E-state index in [1.165, 1.54) is 0 Å². The third-order valence-corrected chi connectivity index (χ3v) is 2.10. The number of aromatic amines is 1. The number of rotatable bonds is 2. The Morgan fingerprint density at radius 1 is 1.50 bits per heavy atom. The Hall–Kier alpha value is -1.50. The second-order valence-electron chi connectivity index (χ2n) is 4.37. The molecule has 0 aromatic carbocycles. The second kappa shape index (κ2) is 3.70. The zero-order valence-corrected chi connectivity index (χ0v) is 8.89. The van der Waals surface area contributed by atoms with Gasteiger partial charge in [-0.15, -0.1) is 0 Å². The maximum Gasteiger partial charge on any atom is 0.122 e. The van der Waals surface area contributed by atoms with Crippen molar-refractivity contribution < 1.29 is 0 Å². The van der Waals surface area contributed by atoms with E-state index in [1.54, 1.807) is 0 Å². The van der Waals surface area contributed by atoms with Crippen LogP contribution >= 0.6 is 0 Å². The highest BCUT2D eigenvalue weighted by Gasteiger charge is 2.22. The number of H-pyrrole nitrogens is 1. The molecule has 1 aromatic heterocycles. The summed E-state index contributed by atoms with van der Waals surface area (Å²) in [5, 5.41) is 15.5. The van der Waals surface area contributed by atoms with E-state index < -0.39 is 0 Å². The summed E-state index contributed by atoms with van der Waals surface area (Å²) in [5.74, 6) is 0.588. The first-order valence-electron chi connectivity index (χ1n) is 4.67. The molecule has 3 N–H and O–H groups in total. The normalized spacial score (nSPS) is 11.3. The van der Waals surface area contributed by atoms with Crippen molar-refractivity contribution in [2.45, 2.75) is 39.0 Å². The van der Waals surface area contributed by atoms with Gasteiger partial charge < -0.3 is 5.73 Å². The molecule has 0 fully saturated rings. The van der Waals surface area contributed by atoms with E-state index in [4.69, 9.17) is 11.0 Å². The van der Waals surface area contributed by atoms with Gasteiger partial charge in [-0.1, -0.05) is 20.8 Å². The topological polar surface area (TPSA) is 78.5 Å². The van der Waals surface area contributed by atoms with Crippen molar-refractivity contribution >= 4 is 5.82 Å². The summed E-state index contributed by atoms with van der Waals surface area (Å²) in [6.07, 6.45) is 1.15. The van der Waals surface area contributed by atoms with Gasteiger partial charge in [0.25, 0.3) is 0 Å². The zero-order chi connectivity index (χ0) is 10.8. The molecule has 1 rings (SSSR count). The Labute approximate surface area is 84.1 Å². The SMILES string of the molecule is CC(C)(C)c1n[nH]c(N)c1CCC#N. The minimum Gasteiger partial charge on any atom is -0.384 e. The third kappa shape index (κ3) is 2.05. The Kier molecular flexibility index (Phi) is 2.80. The standard InChI is InChI=1S/C10H16N4/c1-10(2,3)8-7(5-4-6-11)9(12)14-13-8/h4-5H2,1-3H3,(H3,12,13,14). The monoisotopic (exact) mass is 192 g/mol. The first-order valence-corrected chi connectivity index (χ1v) is 4.67. The summed E-state index contributed by atoms with van der Waals surface area (Å²) in [5.41, 5.74) is 7.67. The molecule has 1 heterocycles. The molecule has 0 amide bonds. The van der Waals surface area contributed by atoms with Gasteiger partial charge >= 0.3 is 0 Å². The molecule has 14 heavy (non-hydrogen) atoms. The highest BCUT2D eigenvalue weighted by molar-refractivity contribution is 5.44. The van der Waals surface area contributed by atoms with Crippen LogP contribution in [0.4, 0.5) is 5.82 Å². The van der Waals surface area contributed by atoms with E-state index >= 15 is 0 Å². The van der Waals surface area contributed by atoms with Gasteiger partial charge in [-0.2, -0.15) is 10.4 Å². The number of hydrogen-bond acceptors (Lipinski definition) is 3. The van der Waals surface area contributed by atoms with E-state index in [0.29, 0.717) is 18.7 Å². The Morgan fingerprint density at radius 3 is 2.64 bits per heavy atom. The van der Waals surface area contributed by atoms with Crippen molar-refractivity contribution in [2.24, 2.45) is 0 Å². The van der Waals surface area contributed by atoms with Gasteiger partial charge in [0.15, 0.2) is 0 Å². The number of nitrogens with one attached hydrogen (secondary N) is 1. The predicted molar refractivity (Wildman–Crippen MR) is 55.6 cm³/mol. The zero-order valence-electron chi connectivity index (χ0n) is 8.89. The molecule has 4 nitrogen and oxygen atoms in total. The number of nitrogens with zero attached hydrogens (tertiary/aromatic N) is 2. The number of anilines is 1. The van der Waals surface area contributed by atoms with Gasteiger partial charge in [-0.25, -0.2) is 0 Å². The molecule has 0 bridgehead atoms. The van der Waals surface area contributed by atoms with Crippen molar-refractivity contribution in [1.29, 1.82) is 5.26 Å². The lowest BCUT2D eigenvalue weighted by atomic mass is 9.88.